The van der Waals surface area contributed by atoms with E-state index in [4.69, 9.17) is 0 Å². The molecule has 2 saturated heterocycles. The first-order valence-corrected chi connectivity index (χ1v) is 4.81. The molecule has 0 spiro atoms. The maximum Gasteiger partial charge on any atom is 0.276 e. The SMILES string of the molecule is O=C(c1ccon1)N1CCC2NCC21. The standard InChI is InChI=1S/C9H11N3O2/c13-9(7-2-4-14-11-7)12-3-1-6-8(12)5-10-6/h2,4,6,8,10H,1,3,5H2. The number of rotatable bonds is 1. The van der Waals surface area contributed by atoms with Gasteiger partial charge in [-0.1, -0.05) is 5.16 Å². The average Bonchev–Trinajstić information content (AvgIpc) is 2.73. The molecule has 2 aliphatic heterocycles. The molecule has 0 aromatic carbocycles. The van der Waals surface area contributed by atoms with Gasteiger partial charge in [-0.3, -0.25) is 4.79 Å². The zero-order valence-corrected chi connectivity index (χ0v) is 7.64. The lowest BCUT2D eigenvalue weighted by Gasteiger charge is -2.36. The molecule has 3 heterocycles. The van der Waals surface area contributed by atoms with E-state index in [1.807, 2.05) is 4.90 Å². The molecule has 1 aromatic rings. The van der Waals surface area contributed by atoms with E-state index in [0.717, 1.165) is 19.5 Å². The van der Waals surface area contributed by atoms with Crippen molar-refractivity contribution in [2.45, 2.75) is 18.5 Å². The number of likely N-dealkylation sites (tertiary alicyclic amines) is 1. The molecule has 2 fully saturated rings. The molecule has 3 rings (SSSR count). The van der Waals surface area contributed by atoms with Crippen LogP contribution in [0.15, 0.2) is 16.9 Å². The molecule has 2 aliphatic rings. The summed E-state index contributed by atoms with van der Waals surface area (Å²) in [7, 11) is 0. The van der Waals surface area contributed by atoms with E-state index in [0.29, 0.717) is 17.8 Å². The number of hydrogen-bond acceptors (Lipinski definition) is 4. The monoisotopic (exact) mass is 193 g/mol. The summed E-state index contributed by atoms with van der Waals surface area (Å²) in [5.41, 5.74) is 0.414. The Kier molecular flexibility index (Phi) is 1.61. The van der Waals surface area contributed by atoms with Crippen LogP contribution in [0.25, 0.3) is 0 Å². The second kappa shape index (κ2) is 2.81. The number of aromatic nitrogens is 1. The first-order valence-electron chi connectivity index (χ1n) is 4.81. The molecule has 1 aromatic heterocycles. The van der Waals surface area contributed by atoms with E-state index >= 15 is 0 Å². The number of nitrogens with zero attached hydrogens (tertiary/aromatic N) is 2. The number of amides is 1. The predicted molar refractivity (Wildman–Crippen MR) is 47.7 cm³/mol. The summed E-state index contributed by atoms with van der Waals surface area (Å²) in [6.07, 6.45) is 2.48. The Balaban J connectivity index is 1.80. The zero-order chi connectivity index (χ0) is 9.54. The highest BCUT2D eigenvalue weighted by Crippen LogP contribution is 2.25. The van der Waals surface area contributed by atoms with E-state index in [1.165, 1.54) is 6.26 Å². The molecule has 5 heteroatoms. The first-order chi connectivity index (χ1) is 6.86. The highest BCUT2D eigenvalue weighted by atomic mass is 16.5. The van der Waals surface area contributed by atoms with Gasteiger partial charge in [-0.15, -0.1) is 0 Å². The lowest BCUT2D eigenvalue weighted by molar-refractivity contribution is 0.0668. The van der Waals surface area contributed by atoms with Gasteiger partial charge in [-0.2, -0.15) is 0 Å². The normalized spacial score (nSPS) is 29.9. The quantitative estimate of drug-likeness (QED) is 0.674. The first kappa shape index (κ1) is 7.99. The lowest BCUT2D eigenvalue weighted by atomic mass is 10.0. The second-order valence-corrected chi connectivity index (χ2v) is 3.75. The van der Waals surface area contributed by atoms with Crippen molar-refractivity contribution < 1.29 is 9.32 Å². The highest BCUT2D eigenvalue weighted by Gasteiger charge is 2.43. The van der Waals surface area contributed by atoms with Crippen LogP contribution in [0.5, 0.6) is 0 Å². The van der Waals surface area contributed by atoms with Gasteiger partial charge in [0.2, 0.25) is 0 Å². The zero-order valence-electron chi connectivity index (χ0n) is 7.64. The van der Waals surface area contributed by atoms with Gasteiger partial charge in [0, 0.05) is 25.2 Å². The minimum atomic E-state index is -0.00671. The molecule has 1 amide bonds. The summed E-state index contributed by atoms with van der Waals surface area (Å²) in [6.45, 7) is 1.74. The largest absolute Gasteiger partial charge is 0.364 e. The van der Waals surface area contributed by atoms with Crippen LogP contribution in [-0.4, -0.2) is 41.1 Å². The molecule has 2 unspecified atom stereocenters. The third-order valence-electron chi connectivity index (χ3n) is 3.05. The van der Waals surface area contributed by atoms with Crippen LogP contribution < -0.4 is 5.32 Å². The molecular formula is C9H11N3O2. The highest BCUT2D eigenvalue weighted by molar-refractivity contribution is 5.92. The van der Waals surface area contributed by atoms with Gasteiger partial charge in [0.25, 0.3) is 5.91 Å². The Morgan fingerprint density at radius 3 is 3.21 bits per heavy atom. The summed E-state index contributed by atoms with van der Waals surface area (Å²) in [5.74, 6) is -0.00671. The molecule has 0 saturated carbocycles. The van der Waals surface area contributed by atoms with Crippen molar-refractivity contribution in [1.29, 1.82) is 0 Å². The van der Waals surface area contributed by atoms with Crippen molar-refractivity contribution in [2.24, 2.45) is 0 Å². The lowest BCUT2D eigenvalue weighted by Crippen LogP contribution is -2.60. The third kappa shape index (κ3) is 0.988. The fourth-order valence-corrected chi connectivity index (χ4v) is 2.18. The van der Waals surface area contributed by atoms with Crippen molar-refractivity contribution >= 4 is 5.91 Å². The molecule has 74 valence electrons. The fourth-order valence-electron chi connectivity index (χ4n) is 2.18. The second-order valence-electron chi connectivity index (χ2n) is 3.75. The minimum Gasteiger partial charge on any atom is -0.364 e. The van der Waals surface area contributed by atoms with Crippen molar-refractivity contribution in [3.8, 4) is 0 Å². The summed E-state index contributed by atoms with van der Waals surface area (Å²) < 4.78 is 4.66. The van der Waals surface area contributed by atoms with Gasteiger partial charge in [0.1, 0.15) is 6.26 Å². The maximum atomic E-state index is 11.9. The summed E-state index contributed by atoms with van der Waals surface area (Å²) in [6, 6.07) is 2.49. The Morgan fingerprint density at radius 2 is 2.64 bits per heavy atom. The van der Waals surface area contributed by atoms with Gasteiger partial charge in [-0.05, 0) is 6.42 Å². The summed E-state index contributed by atoms with van der Waals surface area (Å²) >= 11 is 0. The molecule has 14 heavy (non-hydrogen) atoms. The van der Waals surface area contributed by atoms with E-state index in [1.54, 1.807) is 6.07 Å². The summed E-state index contributed by atoms with van der Waals surface area (Å²) in [4.78, 5) is 13.8. The van der Waals surface area contributed by atoms with Crippen molar-refractivity contribution in [3.63, 3.8) is 0 Å². The van der Waals surface area contributed by atoms with Gasteiger partial charge in [-0.25, -0.2) is 0 Å². The molecular weight excluding hydrogens is 182 g/mol. The Bertz CT molecular complexity index is 349. The van der Waals surface area contributed by atoms with Crippen LogP contribution in [0.3, 0.4) is 0 Å². The number of hydrogen-bond donors (Lipinski definition) is 1. The molecule has 0 bridgehead atoms. The number of carbonyl (C=O) groups is 1. The van der Waals surface area contributed by atoms with Gasteiger partial charge < -0.3 is 14.7 Å². The molecule has 5 nitrogen and oxygen atoms in total. The third-order valence-corrected chi connectivity index (χ3v) is 3.05. The molecule has 2 atom stereocenters. The number of carbonyl (C=O) groups excluding carboxylic acids is 1. The summed E-state index contributed by atoms with van der Waals surface area (Å²) in [5, 5.41) is 6.96. The van der Waals surface area contributed by atoms with E-state index in [2.05, 4.69) is 15.0 Å². The van der Waals surface area contributed by atoms with Crippen molar-refractivity contribution in [3.05, 3.63) is 18.0 Å². The van der Waals surface area contributed by atoms with Crippen molar-refractivity contribution in [1.82, 2.24) is 15.4 Å². The van der Waals surface area contributed by atoms with Crippen LogP contribution in [0.1, 0.15) is 16.9 Å². The average molecular weight is 193 g/mol. The molecule has 0 aliphatic carbocycles. The van der Waals surface area contributed by atoms with Crippen LogP contribution in [0.2, 0.25) is 0 Å². The van der Waals surface area contributed by atoms with Crippen LogP contribution in [0, 0.1) is 0 Å². The number of fused-ring (bicyclic) bond motifs is 1. The molecule has 0 radical (unpaired) electrons. The smallest absolute Gasteiger partial charge is 0.276 e. The Morgan fingerprint density at radius 1 is 1.71 bits per heavy atom. The van der Waals surface area contributed by atoms with Crippen LogP contribution in [0.4, 0.5) is 0 Å². The van der Waals surface area contributed by atoms with Gasteiger partial charge >= 0.3 is 0 Å². The van der Waals surface area contributed by atoms with Gasteiger partial charge in [0.05, 0.1) is 6.04 Å². The van der Waals surface area contributed by atoms with Crippen molar-refractivity contribution in [2.75, 3.05) is 13.1 Å². The van der Waals surface area contributed by atoms with Crippen LogP contribution >= 0.6 is 0 Å². The predicted octanol–water partition coefficient (Wildman–Crippen LogP) is -0.139. The van der Waals surface area contributed by atoms with Gasteiger partial charge in [0.15, 0.2) is 5.69 Å². The minimum absolute atomic E-state index is 0.00671. The Labute approximate surface area is 81.0 Å². The maximum absolute atomic E-state index is 11.9. The fraction of sp³-hybridized carbons (Fsp3) is 0.556. The van der Waals surface area contributed by atoms with E-state index < -0.39 is 0 Å². The topological polar surface area (TPSA) is 58.4 Å². The Hall–Kier alpha value is -1.36. The molecule has 1 N–H and O–H groups in total. The van der Waals surface area contributed by atoms with E-state index in [-0.39, 0.29) is 5.91 Å². The van der Waals surface area contributed by atoms with E-state index in [9.17, 15) is 4.79 Å². The number of nitrogens with one attached hydrogen (secondary N) is 1. The van der Waals surface area contributed by atoms with Crippen LogP contribution in [-0.2, 0) is 0 Å².